The Morgan fingerprint density at radius 3 is 2.68 bits per heavy atom. The van der Waals surface area contributed by atoms with Crippen molar-refractivity contribution in [2.75, 3.05) is 25.0 Å². The summed E-state index contributed by atoms with van der Waals surface area (Å²) in [6.07, 6.45) is 4.23. The van der Waals surface area contributed by atoms with E-state index in [0.29, 0.717) is 37.8 Å². The molecule has 1 aliphatic rings. The predicted molar refractivity (Wildman–Crippen MR) is 105 cm³/mol. The van der Waals surface area contributed by atoms with Crippen molar-refractivity contribution >= 4 is 17.6 Å². The monoisotopic (exact) mass is 387 g/mol. The van der Waals surface area contributed by atoms with E-state index >= 15 is 0 Å². The van der Waals surface area contributed by atoms with E-state index in [4.69, 9.17) is 0 Å². The average Bonchev–Trinajstić information content (AvgIpc) is 3.19. The molecule has 1 saturated heterocycles. The van der Waals surface area contributed by atoms with Gasteiger partial charge < -0.3 is 15.5 Å². The van der Waals surface area contributed by atoms with E-state index in [0.717, 1.165) is 19.3 Å². The molecular formula is C20H26FN5O2. The highest BCUT2D eigenvalue weighted by atomic mass is 19.1. The third kappa shape index (κ3) is 4.88. The number of halogens is 1. The Balaban J connectivity index is 1.39. The first kappa shape index (κ1) is 19.9. The van der Waals surface area contributed by atoms with Gasteiger partial charge in [-0.1, -0.05) is 12.1 Å². The average molecular weight is 387 g/mol. The zero-order chi connectivity index (χ0) is 19.9. The fourth-order valence-electron chi connectivity index (χ4n) is 3.44. The van der Waals surface area contributed by atoms with Gasteiger partial charge in [0.2, 0.25) is 0 Å². The molecule has 1 aliphatic heterocycles. The van der Waals surface area contributed by atoms with Crippen LogP contribution >= 0.6 is 0 Å². The number of benzene rings is 1. The number of amides is 3. The number of likely N-dealkylation sites (tertiary alicyclic amines) is 1. The summed E-state index contributed by atoms with van der Waals surface area (Å²) in [5.74, 6) is -0.0964. The van der Waals surface area contributed by atoms with E-state index < -0.39 is 5.82 Å². The number of rotatable bonds is 6. The quantitative estimate of drug-likeness (QED) is 0.799. The molecule has 150 valence electrons. The van der Waals surface area contributed by atoms with Gasteiger partial charge in [-0.15, -0.1) is 0 Å². The van der Waals surface area contributed by atoms with Crippen molar-refractivity contribution in [3.63, 3.8) is 0 Å². The summed E-state index contributed by atoms with van der Waals surface area (Å²) in [6, 6.07) is 7.59. The summed E-state index contributed by atoms with van der Waals surface area (Å²) >= 11 is 0. The van der Waals surface area contributed by atoms with Gasteiger partial charge in [0.15, 0.2) is 0 Å². The van der Waals surface area contributed by atoms with Crippen LogP contribution in [0.1, 0.15) is 36.7 Å². The predicted octanol–water partition coefficient (Wildman–Crippen LogP) is 3.11. The normalized spacial score (nSPS) is 14.7. The van der Waals surface area contributed by atoms with Gasteiger partial charge in [0, 0.05) is 32.4 Å². The Bertz CT molecular complexity index is 814. The number of aryl methyl sites for hydroxylation is 1. The Morgan fingerprint density at radius 1 is 1.21 bits per heavy atom. The standard InChI is InChI=1S/C20H26FN5O2/c1-2-26-18(8-12-23-26)19(27)22-11-7-15-9-13-25(14-10-15)20(28)24-17-6-4-3-5-16(17)21/h3-6,8,12,15H,2,7,9-11,13-14H2,1H3,(H,22,27)(H,24,28). The van der Waals surface area contributed by atoms with Gasteiger partial charge in [0.25, 0.3) is 5.91 Å². The number of nitrogens with one attached hydrogen (secondary N) is 2. The van der Waals surface area contributed by atoms with Crippen LogP contribution in [-0.4, -0.2) is 46.3 Å². The van der Waals surface area contributed by atoms with Crippen molar-refractivity contribution in [2.24, 2.45) is 5.92 Å². The number of carbonyl (C=O) groups is 2. The summed E-state index contributed by atoms with van der Waals surface area (Å²) < 4.78 is 15.3. The van der Waals surface area contributed by atoms with Crippen LogP contribution in [0.3, 0.4) is 0 Å². The number of carbonyl (C=O) groups excluding carboxylic acids is 2. The zero-order valence-electron chi connectivity index (χ0n) is 16.0. The summed E-state index contributed by atoms with van der Waals surface area (Å²) in [5.41, 5.74) is 0.769. The molecule has 1 fully saturated rings. The molecule has 0 aliphatic carbocycles. The molecule has 0 spiro atoms. The van der Waals surface area contributed by atoms with Crippen LogP contribution in [0.5, 0.6) is 0 Å². The molecule has 0 unspecified atom stereocenters. The van der Waals surface area contributed by atoms with Gasteiger partial charge in [-0.05, 0) is 50.3 Å². The summed E-state index contributed by atoms with van der Waals surface area (Å²) in [6.45, 7) is 4.45. The summed E-state index contributed by atoms with van der Waals surface area (Å²) in [5, 5.41) is 9.67. The second-order valence-corrected chi connectivity index (χ2v) is 6.92. The molecule has 0 bridgehead atoms. The molecule has 3 amide bonds. The Kier molecular flexibility index (Phi) is 6.62. The smallest absolute Gasteiger partial charge is 0.321 e. The van der Waals surface area contributed by atoms with Crippen LogP contribution in [0.2, 0.25) is 0 Å². The SMILES string of the molecule is CCn1nccc1C(=O)NCCC1CCN(C(=O)Nc2ccccc2F)CC1. The summed E-state index contributed by atoms with van der Waals surface area (Å²) in [7, 11) is 0. The lowest BCUT2D eigenvalue weighted by atomic mass is 9.93. The van der Waals surface area contributed by atoms with E-state index in [1.807, 2.05) is 6.92 Å². The number of urea groups is 1. The lowest BCUT2D eigenvalue weighted by molar-refractivity contribution is 0.0939. The molecule has 3 rings (SSSR count). The zero-order valence-corrected chi connectivity index (χ0v) is 16.0. The number of nitrogens with zero attached hydrogens (tertiary/aromatic N) is 3. The van der Waals surface area contributed by atoms with Gasteiger partial charge in [-0.3, -0.25) is 9.48 Å². The van der Waals surface area contributed by atoms with Crippen LogP contribution in [-0.2, 0) is 6.54 Å². The van der Waals surface area contributed by atoms with Gasteiger partial charge in [0.05, 0.1) is 5.69 Å². The number of anilines is 1. The number of piperidine rings is 1. The van der Waals surface area contributed by atoms with Crippen molar-refractivity contribution in [2.45, 2.75) is 32.7 Å². The highest BCUT2D eigenvalue weighted by Gasteiger charge is 2.23. The van der Waals surface area contributed by atoms with Crippen molar-refractivity contribution in [1.29, 1.82) is 0 Å². The van der Waals surface area contributed by atoms with E-state index in [9.17, 15) is 14.0 Å². The molecule has 7 nitrogen and oxygen atoms in total. The number of para-hydroxylation sites is 1. The lowest BCUT2D eigenvalue weighted by Gasteiger charge is -2.32. The number of aromatic nitrogens is 2. The minimum Gasteiger partial charge on any atom is -0.351 e. The fourth-order valence-corrected chi connectivity index (χ4v) is 3.44. The Morgan fingerprint density at radius 2 is 1.96 bits per heavy atom. The molecule has 2 N–H and O–H groups in total. The maximum Gasteiger partial charge on any atom is 0.321 e. The maximum atomic E-state index is 13.7. The minimum atomic E-state index is -0.439. The number of hydrogen-bond donors (Lipinski definition) is 2. The second kappa shape index (κ2) is 9.34. The highest BCUT2D eigenvalue weighted by Crippen LogP contribution is 2.21. The minimum absolute atomic E-state index is 0.110. The van der Waals surface area contributed by atoms with E-state index in [2.05, 4.69) is 15.7 Å². The third-order valence-corrected chi connectivity index (χ3v) is 5.10. The largest absolute Gasteiger partial charge is 0.351 e. The van der Waals surface area contributed by atoms with Crippen LogP contribution in [0, 0.1) is 11.7 Å². The van der Waals surface area contributed by atoms with Crippen molar-refractivity contribution in [3.8, 4) is 0 Å². The molecule has 1 aromatic heterocycles. The van der Waals surface area contributed by atoms with Crippen LogP contribution in [0.15, 0.2) is 36.5 Å². The van der Waals surface area contributed by atoms with E-state index in [1.165, 1.54) is 6.07 Å². The van der Waals surface area contributed by atoms with E-state index in [-0.39, 0.29) is 17.6 Å². The maximum absolute atomic E-state index is 13.7. The molecular weight excluding hydrogens is 361 g/mol. The lowest BCUT2D eigenvalue weighted by Crippen LogP contribution is -2.41. The van der Waals surface area contributed by atoms with E-state index in [1.54, 1.807) is 40.0 Å². The fraction of sp³-hybridized carbons (Fsp3) is 0.450. The van der Waals surface area contributed by atoms with Crippen molar-refractivity contribution in [1.82, 2.24) is 20.0 Å². The van der Waals surface area contributed by atoms with Crippen molar-refractivity contribution in [3.05, 3.63) is 48.0 Å². The van der Waals surface area contributed by atoms with Gasteiger partial charge in [-0.2, -0.15) is 5.10 Å². The molecule has 2 heterocycles. The molecule has 1 aromatic carbocycles. The molecule has 0 saturated carbocycles. The topological polar surface area (TPSA) is 79.3 Å². The first-order valence-electron chi connectivity index (χ1n) is 9.69. The highest BCUT2D eigenvalue weighted by molar-refractivity contribution is 5.92. The van der Waals surface area contributed by atoms with Crippen molar-refractivity contribution < 1.29 is 14.0 Å². The second-order valence-electron chi connectivity index (χ2n) is 6.92. The third-order valence-electron chi connectivity index (χ3n) is 5.10. The Labute approximate surface area is 163 Å². The molecule has 2 aromatic rings. The molecule has 8 heteroatoms. The van der Waals surface area contributed by atoms with Gasteiger partial charge >= 0.3 is 6.03 Å². The first-order valence-corrected chi connectivity index (χ1v) is 9.69. The number of hydrogen-bond acceptors (Lipinski definition) is 3. The molecule has 0 atom stereocenters. The Hall–Kier alpha value is -2.90. The van der Waals surface area contributed by atoms with Gasteiger partial charge in [0.1, 0.15) is 11.5 Å². The van der Waals surface area contributed by atoms with Crippen LogP contribution < -0.4 is 10.6 Å². The molecule has 0 radical (unpaired) electrons. The first-order chi connectivity index (χ1) is 13.6. The van der Waals surface area contributed by atoms with Crippen LogP contribution in [0.25, 0.3) is 0 Å². The van der Waals surface area contributed by atoms with Crippen LogP contribution in [0.4, 0.5) is 14.9 Å². The summed E-state index contributed by atoms with van der Waals surface area (Å²) in [4.78, 5) is 26.2. The molecule has 28 heavy (non-hydrogen) atoms. The van der Waals surface area contributed by atoms with Gasteiger partial charge in [-0.25, -0.2) is 9.18 Å².